The van der Waals surface area contributed by atoms with Gasteiger partial charge in [0.25, 0.3) is 11.8 Å². The number of hydrogen-bond donors (Lipinski definition) is 1. The van der Waals surface area contributed by atoms with Crippen molar-refractivity contribution in [3.05, 3.63) is 66.1 Å². The SMILES string of the molecule is CN1C(=O)C(NC(=O)c2nc3cccc(-c4c(F)cccc4F)n3n2)CCn2nccc21. The molecule has 1 N–H and O–H groups in total. The molecule has 4 heterocycles. The van der Waals surface area contributed by atoms with Crippen molar-refractivity contribution in [2.24, 2.45) is 0 Å². The van der Waals surface area contributed by atoms with Crippen molar-refractivity contribution in [1.82, 2.24) is 29.7 Å². The van der Waals surface area contributed by atoms with E-state index in [-0.39, 0.29) is 28.6 Å². The lowest BCUT2D eigenvalue weighted by molar-refractivity contribution is -0.120. The van der Waals surface area contributed by atoms with E-state index in [0.29, 0.717) is 18.8 Å². The summed E-state index contributed by atoms with van der Waals surface area (Å²) in [5.74, 6) is -2.07. The number of carbonyl (C=O) groups is 2. The van der Waals surface area contributed by atoms with Crippen LogP contribution in [0.2, 0.25) is 0 Å². The predicted octanol–water partition coefficient (Wildman–Crippen LogP) is 2.04. The van der Waals surface area contributed by atoms with Gasteiger partial charge in [-0.05, 0) is 30.7 Å². The Morgan fingerprint density at radius 3 is 2.66 bits per heavy atom. The molecule has 0 saturated heterocycles. The molecule has 3 aromatic heterocycles. The fraction of sp³-hybridized carbons (Fsp3) is 0.190. The van der Waals surface area contributed by atoms with Crippen LogP contribution in [0.3, 0.4) is 0 Å². The highest BCUT2D eigenvalue weighted by atomic mass is 19.1. The lowest BCUT2D eigenvalue weighted by Crippen LogP contribution is -2.47. The van der Waals surface area contributed by atoms with Gasteiger partial charge in [0, 0.05) is 19.7 Å². The average Bonchev–Trinajstić information content (AvgIpc) is 3.40. The molecule has 5 rings (SSSR count). The van der Waals surface area contributed by atoms with Gasteiger partial charge in [0.05, 0.1) is 17.5 Å². The summed E-state index contributed by atoms with van der Waals surface area (Å²) in [6, 6.07) is 9.08. The summed E-state index contributed by atoms with van der Waals surface area (Å²) in [6.45, 7) is 0.443. The van der Waals surface area contributed by atoms with Gasteiger partial charge in [-0.25, -0.2) is 23.0 Å². The summed E-state index contributed by atoms with van der Waals surface area (Å²) in [5.41, 5.74) is 0.0741. The van der Waals surface area contributed by atoms with Crippen molar-refractivity contribution < 1.29 is 18.4 Å². The van der Waals surface area contributed by atoms with Crippen molar-refractivity contribution in [2.75, 3.05) is 11.9 Å². The van der Waals surface area contributed by atoms with Gasteiger partial charge in [0.15, 0.2) is 5.65 Å². The molecule has 0 bridgehead atoms. The molecule has 1 aromatic carbocycles. The molecular formula is C21H17F2N7O2. The van der Waals surface area contributed by atoms with Crippen LogP contribution in [0, 0.1) is 11.6 Å². The fourth-order valence-corrected chi connectivity index (χ4v) is 3.79. The number of anilines is 1. The largest absolute Gasteiger partial charge is 0.337 e. The standard InChI is InChI=1S/C21H17F2N7O2/c1-28-17-8-10-24-29(17)11-9-14(21(28)32)25-20(31)19-26-16-7-3-6-15(30(16)27-19)18-12(22)4-2-5-13(18)23/h2-8,10,14H,9,11H2,1H3,(H,25,31). The molecule has 1 aliphatic heterocycles. The number of aromatic nitrogens is 5. The maximum absolute atomic E-state index is 14.3. The summed E-state index contributed by atoms with van der Waals surface area (Å²) in [4.78, 5) is 31.3. The van der Waals surface area contributed by atoms with Crippen LogP contribution in [0.15, 0.2) is 48.7 Å². The Hall–Kier alpha value is -4.15. The number of benzene rings is 1. The molecule has 1 unspecified atom stereocenters. The summed E-state index contributed by atoms with van der Waals surface area (Å²) >= 11 is 0. The van der Waals surface area contributed by atoms with Gasteiger partial charge in [-0.1, -0.05) is 12.1 Å². The van der Waals surface area contributed by atoms with E-state index in [9.17, 15) is 18.4 Å². The predicted molar refractivity (Wildman–Crippen MR) is 110 cm³/mol. The van der Waals surface area contributed by atoms with Gasteiger partial charge < -0.3 is 5.32 Å². The van der Waals surface area contributed by atoms with Crippen LogP contribution in [0.4, 0.5) is 14.6 Å². The van der Waals surface area contributed by atoms with E-state index in [1.165, 1.54) is 21.5 Å². The lowest BCUT2D eigenvalue weighted by atomic mass is 10.1. The van der Waals surface area contributed by atoms with Gasteiger partial charge in [-0.3, -0.25) is 14.5 Å². The highest BCUT2D eigenvalue weighted by molar-refractivity contribution is 6.01. The summed E-state index contributed by atoms with van der Waals surface area (Å²) in [5, 5.41) is 11.0. The maximum Gasteiger partial charge on any atom is 0.291 e. The van der Waals surface area contributed by atoms with Gasteiger partial charge in [-0.2, -0.15) is 5.10 Å². The van der Waals surface area contributed by atoms with Crippen LogP contribution in [0.5, 0.6) is 0 Å². The van der Waals surface area contributed by atoms with Crippen LogP contribution in [-0.4, -0.2) is 49.3 Å². The second-order valence-corrected chi connectivity index (χ2v) is 7.34. The quantitative estimate of drug-likeness (QED) is 0.529. The van der Waals surface area contributed by atoms with Gasteiger partial charge >= 0.3 is 0 Å². The van der Waals surface area contributed by atoms with Gasteiger partial charge in [0.1, 0.15) is 23.5 Å². The van der Waals surface area contributed by atoms with E-state index < -0.39 is 23.6 Å². The van der Waals surface area contributed by atoms with Gasteiger partial charge in [0.2, 0.25) is 5.82 Å². The number of amides is 2. The van der Waals surface area contributed by atoms with Crippen molar-refractivity contribution >= 4 is 23.3 Å². The first-order valence-corrected chi connectivity index (χ1v) is 9.84. The summed E-state index contributed by atoms with van der Waals surface area (Å²) in [7, 11) is 1.61. The number of aryl methyl sites for hydroxylation is 1. The van der Waals surface area contributed by atoms with Gasteiger partial charge in [-0.15, -0.1) is 5.10 Å². The van der Waals surface area contributed by atoms with Crippen LogP contribution < -0.4 is 10.2 Å². The number of halogens is 2. The van der Waals surface area contributed by atoms with E-state index in [2.05, 4.69) is 20.5 Å². The molecular weight excluding hydrogens is 420 g/mol. The Morgan fingerprint density at radius 1 is 1.12 bits per heavy atom. The van der Waals surface area contributed by atoms with Crippen LogP contribution >= 0.6 is 0 Å². The van der Waals surface area contributed by atoms with Crippen molar-refractivity contribution in [1.29, 1.82) is 0 Å². The first-order chi connectivity index (χ1) is 15.4. The zero-order valence-electron chi connectivity index (χ0n) is 16.9. The smallest absolute Gasteiger partial charge is 0.291 e. The van der Waals surface area contributed by atoms with Crippen LogP contribution in [-0.2, 0) is 11.3 Å². The first kappa shape index (κ1) is 19.8. The number of nitrogens with zero attached hydrogens (tertiary/aromatic N) is 6. The third kappa shape index (κ3) is 3.18. The highest BCUT2D eigenvalue weighted by Gasteiger charge is 2.31. The molecule has 1 atom stereocenters. The monoisotopic (exact) mass is 437 g/mol. The second-order valence-electron chi connectivity index (χ2n) is 7.34. The molecule has 1 aliphatic rings. The summed E-state index contributed by atoms with van der Waals surface area (Å²) < 4.78 is 31.5. The topological polar surface area (TPSA) is 97.4 Å². The third-order valence-corrected chi connectivity index (χ3v) is 5.38. The number of pyridine rings is 1. The van der Waals surface area contributed by atoms with E-state index in [0.717, 1.165) is 12.1 Å². The minimum Gasteiger partial charge on any atom is -0.337 e. The number of likely N-dealkylation sites (N-methyl/N-ethyl adjacent to an activating group) is 1. The maximum atomic E-state index is 14.3. The summed E-state index contributed by atoms with van der Waals surface area (Å²) in [6.07, 6.45) is 1.94. The molecule has 0 saturated carbocycles. The Morgan fingerprint density at radius 2 is 1.88 bits per heavy atom. The van der Waals surface area contributed by atoms with E-state index in [1.54, 1.807) is 36.1 Å². The molecule has 11 heteroatoms. The molecule has 32 heavy (non-hydrogen) atoms. The molecule has 9 nitrogen and oxygen atoms in total. The second kappa shape index (κ2) is 7.52. The average molecular weight is 437 g/mol. The highest BCUT2D eigenvalue weighted by Crippen LogP contribution is 2.26. The molecule has 2 amide bonds. The lowest BCUT2D eigenvalue weighted by Gasteiger charge is -2.19. The number of fused-ring (bicyclic) bond motifs is 2. The van der Waals surface area contributed by atoms with E-state index >= 15 is 0 Å². The molecule has 4 aromatic rings. The molecule has 162 valence electrons. The molecule has 0 radical (unpaired) electrons. The molecule has 0 spiro atoms. The van der Waals surface area contributed by atoms with Crippen LogP contribution in [0.1, 0.15) is 17.0 Å². The molecule has 0 aliphatic carbocycles. The number of nitrogens with one attached hydrogen (secondary N) is 1. The normalized spacial score (nSPS) is 16.2. The minimum absolute atomic E-state index is 0.111. The van der Waals surface area contributed by atoms with E-state index in [4.69, 9.17) is 0 Å². The minimum atomic E-state index is -0.802. The Labute approximate surface area is 180 Å². The zero-order chi connectivity index (χ0) is 22.4. The Balaban J connectivity index is 1.45. The third-order valence-electron chi connectivity index (χ3n) is 5.38. The van der Waals surface area contributed by atoms with Crippen molar-refractivity contribution in [2.45, 2.75) is 19.0 Å². The van der Waals surface area contributed by atoms with Crippen LogP contribution in [0.25, 0.3) is 16.9 Å². The van der Waals surface area contributed by atoms with E-state index in [1.807, 2.05) is 0 Å². The number of carbonyl (C=O) groups excluding carboxylic acids is 2. The first-order valence-electron chi connectivity index (χ1n) is 9.84. The number of rotatable bonds is 3. The Bertz CT molecular complexity index is 1340. The van der Waals surface area contributed by atoms with Crippen molar-refractivity contribution in [3.8, 4) is 11.3 Å². The zero-order valence-corrected chi connectivity index (χ0v) is 16.9. The molecule has 0 fully saturated rings. The fourth-order valence-electron chi connectivity index (χ4n) is 3.79. The van der Waals surface area contributed by atoms with Crippen molar-refractivity contribution in [3.63, 3.8) is 0 Å². The number of hydrogen-bond acceptors (Lipinski definition) is 5. The Kier molecular flexibility index (Phi) is 4.65.